The summed E-state index contributed by atoms with van der Waals surface area (Å²) in [5, 5.41) is 2.90. The number of benzene rings is 2. The molecule has 0 saturated carbocycles. The molecule has 6 heteroatoms. The van der Waals surface area contributed by atoms with Crippen LogP contribution in [0, 0.1) is 5.92 Å². The first-order valence-corrected chi connectivity index (χ1v) is 10.9. The smallest absolute Gasteiger partial charge is 0.259 e. The van der Waals surface area contributed by atoms with E-state index in [2.05, 4.69) is 28.2 Å². The van der Waals surface area contributed by atoms with Crippen LogP contribution in [0.1, 0.15) is 53.8 Å². The van der Waals surface area contributed by atoms with Crippen molar-refractivity contribution in [1.82, 2.24) is 4.90 Å². The number of piperidine rings is 1. The van der Waals surface area contributed by atoms with Gasteiger partial charge in [0.1, 0.15) is 5.75 Å². The van der Waals surface area contributed by atoms with E-state index >= 15 is 0 Å². The number of amides is 2. The number of hydrogen-bond acceptors (Lipinski definition) is 3. The standard InChI is InChI=1S/C23H27BrN2O3/c1-3-13-29-21-8-7-18(24)15-20(21)22(27)25-19-6-4-5-17(14-19)23(28)26-11-9-16(2)10-12-26/h4-8,14-16H,3,9-13H2,1-2H3,(H,25,27). The summed E-state index contributed by atoms with van der Waals surface area (Å²) in [6.45, 7) is 6.35. The largest absolute Gasteiger partial charge is 0.493 e. The number of ether oxygens (including phenoxy) is 1. The molecular formula is C23H27BrN2O3. The fourth-order valence-corrected chi connectivity index (χ4v) is 3.70. The summed E-state index contributed by atoms with van der Waals surface area (Å²) < 4.78 is 6.51. The molecule has 29 heavy (non-hydrogen) atoms. The zero-order chi connectivity index (χ0) is 20.8. The third kappa shape index (κ3) is 5.60. The molecule has 0 aliphatic carbocycles. The monoisotopic (exact) mass is 458 g/mol. The number of halogens is 1. The molecule has 3 rings (SSSR count). The highest BCUT2D eigenvalue weighted by molar-refractivity contribution is 9.10. The number of carbonyl (C=O) groups excluding carboxylic acids is 2. The Hall–Kier alpha value is -2.34. The highest BCUT2D eigenvalue weighted by Crippen LogP contribution is 2.25. The summed E-state index contributed by atoms with van der Waals surface area (Å²) in [5.41, 5.74) is 1.64. The van der Waals surface area contributed by atoms with Gasteiger partial charge in [-0.15, -0.1) is 0 Å². The molecule has 0 aromatic heterocycles. The zero-order valence-electron chi connectivity index (χ0n) is 16.9. The Morgan fingerprint density at radius 3 is 2.66 bits per heavy atom. The van der Waals surface area contributed by atoms with E-state index in [0.29, 0.717) is 35.1 Å². The fourth-order valence-electron chi connectivity index (χ4n) is 3.34. The average Bonchev–Trinajstić information content (AvgIpc) is 2.73. The Morgan fingerprint density at radius 2 is 1.93 bits per heavy atom. The molecule has 2 aromatic carbocycles. The van der Waals surface area contributed by atoms with Crippen LogP contribution in [-0.4, -0.2) is 36.4 Å². The van der Waals surface area contributed by atoms with Crippen LogP contribution in [0.4, 0.5) is 5.69 Å². The Labute approximate surface area is 180 Å². The summed E-state index contributed by atoms with van der Waals surface area (Å²) in [5.74, 6) is 0.956. The van der Waals surface area contributed by atoms with Crippen molar-refractivity contribution in [2.75, 3.05) is 25.0 Å². The Kier molecular flexibility index (Phi) is 7.31. The third-order valence-electron chi connectivity index (χ3n) is 5.09. The van der Waals surface area contributed by atoms with Crippen LogP contribution in [0.2, 0.25) is 0 Å². The number of rotatable bonds is 6. The van der Waals surface area contributed by atoms with Crippen LogP contribution in [-0.2, 0) is 0 Å². The van der Waals surface area contributed by atoms with Crippen LogP contribution < -0.4 is 10.1 Å². The van der Waals surface area contributed by atoms with Crippen LogP contribution in [0.25, 0.3) is 0 Å². The van der Waals surface area contributed by atoms with Gasteiger partial charge in [-0.3, -0.25) is 9.59 Å². The molecule has 2 aromatic rings. The lowest BCUT2D eigenvalue weighted by Crippen LogP contribution is -2.37. The number of likely N-dealkylation sites (tertiary alicyclic amines) is 1. The first-order chi connectivity index (χ1) is 14.0. The molecule has 1 saturated heterocycles. The van der Waals surface area contributed by atoms with Crippen LogP contribution in [0.5, 0.6) is 5.75 Å². The van der Waals surface area contributed by atoms with E-state index in [1.807, 2.05) is 17.9 Å². The minimum Gasteiger partial charge on any atom is -0.493 e. The molecule has 1 aliphatic rings. The lowest BCUT2D eigenvalue weighted by Gasteiger charge is -2.30. The van der Waals surface area contributed by atoms with E-state index < -0.39 is 0 Å². The van der Waals surface area contributed by atoms with E-state index in [-0.39, 0.29) is 11.8 Å². The molecule has 5 nitrogen and oxygen atoms in total. The molecule has 0 radical (unpaired) electrons. The summed E-state index contributed by atoms with van der Waals surface area (Å²) in [6.07, 6.45) is 2.92. The second-order valence-corrected chi connectivity index (χ2v) is 8.41. The third-order valence-corrected chi connectivity index (χ3v) is 5.58. The van der Waals surface area contributed by atoms with Gasteiger partial charge in [-0.2, -0.15) is 0 Å². The topological polar surface area (TPSA) is 58.6 Å². The van der Waals surface area contributed by atoms with Gasteiger partial charge in [0.2, 0.25) is 0 Å². The minimum absolute atomic E-state index is 0.0161. The van der Waals surface area contributed by atoms with Crippen LogP contribution >= 0.6 is 15.9 Å². The normalized spacial score (nSPS) is 14.5. The molecule has 2 amide bonds. The van der Waals surface area contributed by atoms with E-state index in [4.69, 9.17) is 4.74 Å². The van der Waals surface area contributed by atoms with Gasteiger partial charge in [0.05, 0.1) is 12.2 Å². The van der Waals surface area contributed by atoms with E-state index in [1.165, 1.54) is 0 Å². The number of carbonyl (C=O) groups is 2. The second kappa shape index (κ2) is 9.92. The molecular weight excluding hydrogens is 432 g/mol. The molecule has 1 N–H and O–H groups in total. The SMILES string of the molecule is CCCOc1ccc(Br)cc1C(=O)Nc1cccc(C(=O)N2CCC(C)CC2)c1. The molecule has 1 fully saturated rings. The van der Waals surface area contributed by atoms with Crippen molar-refractivity contribution >= 4 is 33.4 Å². The van der Waals surface area contributed by atoms with Crippen molar-refractivity contribution in [3.05, 3.63) is 58.1 Å². The molecule has 0 spiro atoms. The van der Waals surface area contributed by atoms with Crippen LogP contribution in [0.3, 0.4) is 0 Å². The van der Waals surface area contributed by atoms with Gasteiger partial charge in [0, 0.05) is 28.8 Å². The van der Waals surface area contributed by atoms with E-state index in [0.717, 1.165) is 36.8 Å². The highest BCUT2D eigenvalue weighted by atomic mass is 79.9. The van der Waals surface area contributed by atoms with Crippen molar-refractivity contribution in [2.45, 2.75) is 33.1 Å². The number of nitrogens with one attached hydrogen (secondary N) is 1. The van der Waals surface area contributed by atoms with Gasteiger partial charge >= 0.3 is 0 Å². The van der Waals surface area contributed by atoms with Gasteiger partial charge in [-0.25, -0.2) is 0 Å². The minimum atomic E-state index is -0.270. The van der Waals surface area contributed by atoms with Crippen molar-refractivity contribution in [1.29, 1.82) is 0 Å². The van der Waals surface area contributed by atoms with Crippen LogP contribution in [0.15, 0.2) is 46.9 Å². The van der Waals surface area contributed by atoms with Gasteiger partial charge in [0.25, 0.3) is 11.8 Å². The highest BCUT2D eigenvalue weighted by Gasteiger charge is 2.22. The molecule has 0 unspecified atom stereocenters. The molecule has 0 atom stereocenters. The predicted molar refractivity (Wildman–Crippen MR) is 119 cm³/mol. The Morgan fingerprint density at radius 1 is 1.17 bits per heavy atom. The van der Waals surface area contributed by atoms with Gasteiger partial charge in [0.15, 0.2) is 0 Å². The van der Waals surface area contributed by atoms with Crippen molar-refractivity contribution in [3.8, 4) is 5.75 Å². The van der Waals surface area contributed by atoms with Gasteiger partial charge < -0.3 is 15.0 Å². The van der Waals surface area contributed by atoms with Gasteiger partial charge in [-0.1, -0.05) is 35.8 Å². The maximum Gasteiger partial charge on any atom is 0.259 e. The predicted octanol–water partition coefficient (Wildman–Crippen LogP) is 5.36. The van der Waals surface area contributed by atoms with Gasteiger partial charge in [-0.05, 0) is 61.6 Å². The number of nitrogens with zero attached hydrogens (tertiary/aromatic N) is 1. The lowest BCUT2D eigenvalue weighted by molar-refractivity contribution is 0.0697. The quantitative estimate of drug-likeness (QED) is 0.633. The Bertz CT molecular complexity index is 876. The number of hydrogen-bond donors (Lipinski definition) is 1. The maximum atomic E-state index is 12.9. The van der Waals surface area contributed by atoms with E-state index in [1.54, 1.807) is 36.4 Å². The summed E-state index contributed by atoms with van der Waals surface area (Å²) >= 11 is 3.41. The molecule has 0 bridgehead atoms. The molecule has 154 valence electrons. The summed E-state index contributed by atoms with van der Waals surface area (Å²) in [4.78, 5) is 27.6. The van der Waals surface area contributed by atoms with Crippen molar-refractivity contribution in [2.24, 2.45) is 5.92 Å². The van der Waals surface area contributed by atoms with E-state index in [9.17, 15) is 9.59 Å². The zero-order valence-corrected chi connectivity index (χ0v) is 18.5. The Balaban J connectivity index is 1.74. The fraction of sp³-hybridized carbons (Fsp3) is 0.391. The van der Waals surface area contributed by atoms with Crippen molar-refractivity contribution < 1.29 is 14.3 Å². The first-order valence-electron chi connectivity index (χ1n) is 10.1. The number of anilines is 1. The summed E-state index contributed by atoms with van der Waals surface area (Å²) in [7, 11) is 0. The molecule has 1 heterocycles. The second-order valence-electron chi connectivity index (χ2n) is 7.50. The first kappa shape index (κ1) is 21.4. The summed E-state index contributed by atoms with van der Waals surface area (Å²) in [6, 6.07) is 12.5. The average molecular weight is 459 g/mol. The van der Waals surface area contributed by atoms with Crippen molar-refractivity contribution in [3.63, 3.8) is 0 Å². The molecule has 1 aliphatic heterocycles. The lowest BCUT2D eigenvalue weighted by atomic mass is 9.98. The maximum absolute atomic E-state index is 12.9.